The Kier molecular flexibility index (Phi) is 2.28. The Balaban J connectivity index is 2.58. The summed E-state index contributed by atoms with van der Waals surface area (Å²) in [5.41, 5.74) is 3.32. The highest BCUT2D eigenvalue weighted by Crippen LogP contribution is 2.33. The van der Waals surface area contributed by atoms with E-state index in [0.29, 0.717) is 0 Å². The van der Waals surface area contributed by atoms with Crippen LogP contribution in [0.2, 0.25) is 0 Å². The van der Waals surface area contributed by atoms with Crippen molar-refractivity contribution in [1.82, 2.24) is 0 Å². The van der Waals surface area contributed by atoms with Gasteiger partial charge in [-0.3, -0.25) is 4.79 Å². The topological polar surface area (TPSA) is 26.3 Å². The number of fused-ring (bicyclic) bond motifs is 1. The van der Waals surface area contributed by atoms with Crippen LogP contribution in [0.5, 0.6) is 5.75 Å². The summed E-state index contributed by atoms with van der Waals surface area (Å²) in [6.45, 7) is 1.63. The van der Waals surface area contributed by atoms with Gasteiger partial charge in [-0.05, 0) is 49.4 Å². The molecule has 0 saturated carbocycles. The monoisotopic (exact) mass is 190 g/mol. The maximum absolute atomic E-state index is 11.4. The Hall–Kier alpha value is -1.31. The Morgan fingerprint density at radius 2 is 2.00 bits per heavy atom. The average molecular weight is 190 g/mol. The van der Waals surface area contributed by atoms with Crippen molar-refractivity contribution in [2.45, 2.75) is 26.2 Å². The van der Waals surface area contributed by atoms with E-state index in [2.05, 4.69) is 0 Å². The van der Waals surface area contributed by atoms with Gasteiger partial charge in [0.25, 0.3) is 0 Å². The fourth-order valence-corrected chi connectivity index (χ4v) is 2.19. The molecule has 0 N–H and O–H groups in total. The van der Waals surface area contributed by atoms with Crippen LogP contribution >= 0.6 is 0 Å². The van der Waals surface area contributed by atoms with Gasteiger partial charge in [-0.25, -0.2) is 0 Å². The fourth-order valence-electron chi connectivity index (χ4n) is 2.19. The van der Waals surface area contributed by atoms with Gasteiger partial charge in [0.15, 0.2) is 5.78 Å². The molecule has 0 heterocycles. The number of hydrogen-bond donors (Lipinski definition) is 0. The third-order valence-electron chi connectivity index (χ3n) is 2.84. The summed E-state index contributed by atoms with van der Waals surface area (Å²) in [5.74, 6) is 1.09. The second kappa shape index (κ2) is 3.45. The standard InChI is InChI=1S/C12H14O2/c1-8(13)9-6-7-12(14-2)11-5-3-4-10(9)11/h6-7H,3-5H2,1-2H3. The van der Waals surface area contributed by atoms with E-state index in [-0.39, 0.29) is 5.78 Å². The molecule has 0 amide bonds. The zero-order valence-electron chi connectivity index (χ0n) is 8.59. The number of methoxy groups -OCH3 is 1. The van der Waals surface area contributed by atoms with E-state index < -0.39 is 0 Å². The largest absolute Gasteiger partial charge is 0.496 e. The van der Waals surface area contributed by atoms with Gasteiger partial charge in [0.1, 0.15) is 5.75 Å². The van der Waals surface area contributed by atoms with Crippen LogP contribution in [-0.2, 0) is 12.8 Å². The molecule has 0 bridgehead atoms. The van der Waals surface area contributed by atoms with Crippen molar-refractivity contribution in [1.29, 1.82) is 0 Å². The Morgan fingerprint density at radius 3 is 2.64 bits per heavy atom. The predicted octanol–water partition coefficient (Wildman–Crippen LogP) is 2.39. The van der Waals surface area contributed by atoms with Crippen LogP contribution in [-0.4, -0.2) is 12.9 Å². The number of carbonyl (C=O) groups is 1. The third kappa shape index (κ3) is 1.31. The minimum atomic E-state index is 0.158. The minimum Gasteiger partial charge on any atom is -0.496 e. The molecule has 1 aliphatic rings. The maximum Gasteiger partial charge on any atom is 0.160 e. The minimum absolute atomic E-state index is 0.158. The lowest BCUT2D eigenvalue weighted by atomic mass is 10.00. The quantitative estimate of drug-likeness (QED) is 0.669. The van der Waals surface area contributed by atoms with Crippen LogP contribution in [0.4, 0.5) is 0 Å². The number of benzene rings is 1. The summed E-state index contributed by atoms with van der Waals surface area (Å²) in [6.07, 6.45) is 3.19. The molecule has 0 atom stereocenters. The van der Waals surface area contributed by atoms with Gasteiger partial charge in [0.05, 0.1) is 7.11 Å². The Morgan fingerprint density at radius 1 is 1.29 bits per heavy atom. The Bertz CT molecular complexity index is 380. The molecule has 74 valence electrons. The van der Waals surface area contributed by atoms with E-state index in [1.807, 2.05) is 12.1 Å². The van der Waals surface area contributed by atoms with Gasteiger partial charge in [0.2, 0.25) is 0 Å². The SMILES string of the molecule is COc1ccc(C(C)=O)c2c1CCC2. The summed E-state index contributed by atoms with van der Waals surface area (Å²) in [4.78, 5) is 11.4. The van der Waals surface area contributed by atoms with Crippen molar-refractivity contribution in [3.8, 4) is 5.75 Å². The summed E-state index contributed by atoms with van der Waals surface area (Å²) in [6, 6.07) is 3.78. The highest BCUT2D eigenvalue weighted by Gasteiger charge is 2.20. The van der Waals surface area contributed by atoms with E-state index in [9.17, 15) is 4.79 Å². The molecule has 2 heteroatoms. The molecule has 2 rings (SSSR count). The number of Topliss-reactive ketones (excluding diaryl/α,β-unsaturated/α-hetero) is 1. The number of ketones is 1. The average Bonchev–Trinajstić information content (AvgIpc) is 2.64. The molecule has 0 spiro atoms. The molecule has 2 nitrogen and oxygen atoms in total. The first kappa shape index (κ1) is 9.25. The highest BCUT2D eigenvalue weighted by atomic mass is 16.5. The van der Waals surface area contributed by atoms with Crippen LogP contribution in [0.1, 0.15) is 34.8 Å². The van der Waals surface area contributed by atoms with E-state index in [4.69, 9.17) is 4.74 Å². The van der Waals surface area contributed by atoms with Gasteiger partial charge < -0.3 is 4.74 Å². The van der Waals surface area contributed by atoms with E-state index >= 15 is 0 Å². The van der Waals surface area contributed by atoms with Gasteiger partial charge >= 0.3 is 0 Å². The normalized spacial score (nSPS) is 13.9. The summed E-state index contributed by atoms with van der Waals surface area (Å²) >= 11 is 0. The summed E-state index contributed by atoms with van der Waals surface area (Å²) in [5, 5.41) is 0. The van der Waals surface area contributed by atoms with Crippen LogP contribution in [0, 0.1) is 0 Å². The van der Waals surface area contributed by atoms with Crippen LogP contribution < -0.4 is 4.74 Å². The first-order valence-corrected chi connectivity index (χ1v) is 4.93. The molecule has 1 aromatic rings. The lowest BCUT2D eigenvalue weighted by Gasteiger charge is -2.09. The van der Waals surface area contributed by atoms with E-state index in [1.54, 1.807) is 14.0 Å². The molecular weight excluding hydrogens is 176 g/mol. The van der Waals surface area contributed by atoms with E-state index in [0.717, 1.165) is 30.6 Å². The molecule has 0 aliphatic heterocycles. The molecular formula is C12H14O2. The number of ether oxygens (including phenoxy) is 1. The number of carbonyl (C=O) groups excluding carboxylic acids is 1. The zero-order chi connectivity index (χ0) is 10.1. The molecule has 0 unspecified atom stereocenters. The number of hydrogen-bond acceptors (Lipinski definition) is 2. The first-order valence-electron chi connectivity index (χ1n) is 4.93. The lowest BCUT2D eigenvalue weighted by Crippen LogP contribution is -2.00. The number of rotatable bonds is 2. The summed E-state index contributed by atoms with van der Waals surface area (Å²) in [7, 11) is 1.68. The maximum atomic E-state index is 11.4. The molecule has 1 aromatic carbocycles. The molecule has 0 aromatic heterocycles. The van der Waals surface area contributed by atoms with Crippen molar-refractivity contribution in [2.75, 3.05) is 7.11 Å². The van der Waals surface area contributed by atoms with Gasteiger partial charge in [-0.15, -0.1) is 0 Å². The Labute approximate surface area is 83.9 Å². The van der Waals surface area contributed by atoms with Crippen molar-refractivity contribution in [2.24, 2.45) is 0 Å². The molecule has 0 radical (unpaired) electrons. The zero-order valence-corrected chi connectivity index (χ0v) is 8.59. The van der Waals surface area contributed by atoms with E-state index in [1.165, 1.54) is 11.1 Å². The third-order valence-corrected chi connectivity index (χ3v) is 2.84. The van der Waals surface area contributed by atoms with Crippen LogP contribution in [0.15, 0.2) is 12.1 Å². The molecule has 0 saturated heterocycles. The predicted molar refractivity (Wildman–Crippen MR) is 55.0 cm³/mol. The smallest absolute Gasteiger partial charge is 0.160 e. The van der Waals surface area contributed by atoms with Gasteiger partial charge in [-0.2, -0.15) is 0 Å². The van der Waals surface area contributed by atoms with Crippen LogP contribution in [0.3, 0.4) is 0 Å². The first-order chi connectivity index (χ1) is 6.74. The van der Waals surface area contributed by atoms with Crippen molar-refractivity contribution in [3.05, 3.63) is 28.8 Å². The highest BCUT2D eigenvalue weighted by molar-refractivity contribution is 5.96. The molecule has 0 fully saturated rings. The lowest BCUT2D eigenvalue weighted by molar-refractivity contribution is 0.101. The fraction of sp³-hybridized carbons (Fsp3) is 0.417. The second-order valence-corrected chi connectivity index (χ2v) is 3.68. The molecule has 1 aliphatic carbocycles. The van der Waals surface area contributed by atoms with Crippen LogP contribution in [0.25, 0.3) is 0 Å². The van der Waals surface area contributed by atoms with Crippen molar-refractivity contribution >= 4 is 5.78 Å². The van der Waals surface area contributed by atoms with Gasteiger partial charge in [0, 0.05) is 5.56 Å². The van der Waals surface area contributed by atoms with Gasteiger partial charge in [-0.1, -0.05) is 0 Å². The summed E-state index contributed by atoms with van der Waals surface area (Å²) < 4.78 is 5.28. The molecule has 14 heavy (non-hydrogen) atoms. The van der Waals surface area contributed by atoms with Crippen molar-refractivity contribution in [3.63, 3.8) is 0 Å². The van der Waals surface area contributed by atoms with Crippen molar-refractivity contribution < 1.29 is 9.53 Å². The second-order valence-electron chi connectivity index (χ2n) is 3.68.